The van der Waals surface area contributed by atoms with E-state index in [1.54, 1.807) is 24.3 Å². The van der Waals surface area contributed by atoms with Crippen LogP contribution in [0.2, 0.25) is 0 Å². The van der Waals surface area contributed by atoms with Crippen molar-refractivity contribution in [3.8, 4) is 0 Å². The van der Waals surface area contributed by atoms with Gasteiger partial charge in [-0.2, -0.15) is 0 Å². The zero-order valence-electron chi connectivity index (χ0n) is 12.4. The number of rotatable bonds is 5. The molecule has 24 heavy (non-hydrogen) atoms. The lowest BCUT2D eigenvalue weighted by Gasteiger charge is -2.14. The van der Waals surface area contributed by atoms with Gasteiger partial charge in [0.15, 0.2) is 0 Å². The normalized spacial score (nSPS) is 12.0. The van der Waals surface area contributed by atoms with E-state index in [1.165, 1.54) is 18.2 Å². The summed E-state index contributed by atoms with van der Waals surface area (Å²) in [6.45, 7) is 0. The predicted octanol–water partition coefficient (Wildman–Crippen LogP) is 0.887. The second kappa shape index (κ2) is 6.37. The maximum atomic E-state index is 12.3. The molecule has 1 amide bonds. The molecule has 2 N–H and O–H groups in total. The Morgan fingerprint density at radius 1 is 1.25 bits per heavy atom. The Labute approximate surface area is 135 Å². The minimum absolute atomic E-state index is 0.161. The van der Waals surface area contributed by atoms with E-state index in [9.17, 15) is 19.9 Å². The summed E-state index contributed by atoms with van der Waals surface area (Å²) in [6, 6.07) is 12.1. The topological polar surface area (TPSA) is 119 Å². The highest BCUT2D eigenvalue weighted by atomic mass is 16.8. The van der Waals surface area contributed by atoms with Crippen LogP contribution < -0.4 is 10.2 Å². The van der Waals surface area contributed by atoms with Crippen LogP contribution in [0.4, 0.5) is 0 Å². The van der Waals surface area contributed by atoms with Gasteiger partial charge in [0.05, 0.1) is 0 Å². The first-order valence-corrected chi connectivity index (χ1v) is 7.11. The van der Waals surface area contributed by atoms with Crippen LogP contribution in [0, 0.1) is 5.21 Å². The van der Waals surface area contributed by atoms with Crippen molar-refractivity contribution in [3.05, 3.63) is 64.9 Å². The molecule has 8 heteroatoms. The maximum Gasteiger partial charge on any atom is 0.326 e. The fraction of sp³-hybridized carbons (Fsp3) is 0.125. The van der Waals surface area contributed by atoms with Crippen LogP contribution in [0.5, 0.6) is 0 Å². The molecule has 2 aromatic carbocycles. The van der Waals surface area contributed by atoms with Crippen LogP contribution in [0.25, 0.3) is 11.0 Å². The van der Waals surface area contributed by atoms with Crippen molar-refractivity contribution in [1.29, 1.82) is 0 Å². The molecule has 3 rings (SSSR count). The predicted molar refractivity (Wildman–Crippen MR) is 82.0 cm³/mol. The van der Waals surface area contributed by atoms with E-state index in [0.717, 1.165) is 5.56 Å². The first-order valence-electron chi connectivity index (χ1n) is 7.11. The summed E-state index contributed by atoms with van der Waals surface area (Å²) < 4.78 is 4.43. The third-order valence-corrected chi connectivity index (χ3v) is 3.53. The minimum Gasteiger partial charge on any atom is -0.480 e. The Hall–Kier alpha value is -3.42. The van der Waals surface area contributed by atoms with E-state index < -0.39 is 17.9 Å². The number of carbonyl (C=O) groups excluding carboxylic acids is 1. The van der Waals surface area contributed by atoms with Crippen molar-refractivity contribution in [3.63, 3.8) is 0 Å². The molecule has 1 heterocycles. The van der Waals surface area contributed by atoms with Gasteiger partial charge in [-0.3, -0.25) is 9.42 Å². The van der Waals surface area contributed by atoms with Crippen LogP contribution in [-0.2, 0) is 11.2 Å². The number of amides is 1. The molecule has 0 aliphatic heterocycles. The average molecular weight is 327 g/mol. The van der Waals surface area contributed by atoms with E-state index in [1.807, 2.05) is 6.07 Å². The lowest BCUT2D eigenvalue weighted by Crippen LogP contribution is -2.42. The molecule has 1 aromatic heterocycles. The number of hydrogen-bond acceptors (Lipinski definition) is 5. The summed E-state index contributed by atoms with van der Waals surface area (Å²) in [6.07, 6.45) is 0.161. The summed E-state index contributed by atoms with van der Waals surface area (Å²) in [7, 11) is 0. The molecule has 8 nitrogen and oxygen atoms in total. The summed E-state index contributed by atoms with van der Waals surface area (Å²) in [4.78, 5) is 23.9. The lowest BCUT2D eigenvalue weighted by molar-refractivity contribution is -0.782. The second-order valence-electron chi connectivity index (χ2n) is 5.19. The molecule has 1 atom stereocenters. The Kier molecular flexibility index (Phi) is 4.11. The maximum absolute atomic E-state index is 12.3. The molecule has 0 aliphatic rings. The second-order valence-corrected chi connectivity index (χ2v) is 5.19. The monoisotopic (exact) mass is 327 g/mol. The SMILES string of the molecule is O=C(NC(Cc1ccccc1)C(=O)O)c1ccc2c(c1)no[n+]2[O-]. The van der Waals surface area contributed by atoms with Crippen molar-refractivity contribution in [2.75, 3.05) is 0 Å². The van der Waals surface area contributed by atoms with Crippen molar-refractivity contribution in [2.24, 2.45) is 0 Å². The van der Waals surface area contributed by atoms with E-state index in [-0.39, 0.29) is 27.9 Å². The smallest absolute Gasteiger partial charge is 0.326 e. The molecule has 0 spiro atoms. The number of aromatic nitrogens is 2. The van der Waals surface area contributed by atoms with Crippen LogP contribution in [0.1, 0.15) is 15.9 Å². The molecular formula is C16H13N3O5. The largest absolute Gasteiger partial charge is 0.480 e. The van der Waals surface area contributed by atoms with Gasteiger partial charge in [0.1, 0.15) is 6.04 Å². The van der Waals surface area contributed by atoms with Gasteiger partial charge in [-0.1, -0.05) is 30.3 Å². The molecule has 3 aromatic rings. The van der Waals surface area contributed by atoms with Gasteiger partial charge in [-0.15, -0.1) is 0 Å². The van der Waals surface area contributed by atoms with Crippen molar-refractivity contribution in [1.82, 2.24) is 10.5 Å². The summed E-state index contributed by atoms with van der Waals surface area (Å²) in [5.41, 5.74) is 1.39. The number of fused-ring (bicyclic) bond motifs is 1. The van der Waals surface area contributed by atoms with E-state index in [0.29, 0.717) is 0 Å². The zero-order valence-corrected chi connectivity index (χ0v) is 12.4. The van der Waals surface area contributed by atoms with Crippen molar-refractivity contribution in [2.45, 2.75) is 12.5 Å². The van der Waals surface area contributed by atoms with Gasteiger partial charge >= 0.3 is 5.97 Å². The molecule has 0 aliphatic carbocycles. The van der Waals surface area contributed by atoms with Crippen LogP contribution >= 0.6 is 0 Å². The van der Waals surface area contributed by atoms with Gasteiger partial charge in [0.2, 0.25) is 11.0 Å². The summed E-state index contributed by atoms with van der Waals surface area (Å²) in [5.74, 6) is -1.70. The highest BCUT2D eigenvalue weighted by Gasteiger charge is 2.22. The Morgan fingerprint density at radius 2 is 2.00 bits per heavy atom. The number of aliphatic carboxylic acids is 1. The highest BCUT2D eigenvalue weighted by Crippen LogP contribution is 2.11. The third-order valence-electron chi connectivity index (χ3n) is 3.53. The van der Waals surface area contributed by atoms with Gasteiger partial charge in [0.25, 0.3) is 5.91 Å². The number of carbonyl (C=O) groups is 2. The summed E-state index contributed by atoms with van der Waals surface area (Å²) in [5, 5.41) is 26.6. The van der Waals surface area contributed by atoms with Crippen LogP contribution in [0.15, 0.2) is 53.2 Å². The molecule has 0 saturated heterocycles. The quantitative estimate of drug-likeness (QED) is 0.672. The Balaban J connectivity index is 1.78. The Bertz CT molecular complexity index is 891. The summed E-state index contributed by atoms with van der Waals surface area (Å²) >= 11 is 0. The van der Waals surface area contributed by atoms with Crippen molar-refractivity contribution >= 4 is 22.9 Å². The van der Waals surface area contributed by atoms with Gasteiger partial charge in [-0.05, 0) is 22.6 Å². The fourth-order valence-electron chi connectivity index (χ4n) is 2.31. The number of nitrogens with one attached hydrogen (secondary N) is 1. The van der Waals surface area contributed by atoms with Crippen LogP contribution in [-0.4, -0.2) is 28.2 Å². The third kappa shape index (κ3) is 3.17. The molecule has 1 unspecified atom stereocenters. The highest BCUT2D eigenvalue weighted by molar-refractivity contribution is 5.98. The minimum atomic E-state index is -1.13. The molecule has 0 saturated carbocycles. The number of hydrogen-bond donors (Lipinski definition) is 2. The van der Waals surface area contributed by atoms with E-state index in [4.69, 9.17) is 0 Å². The van der Waals surface area contributed by atoms with Crippen LogP contribution in [0.3, 0.4) is 0 Å². The van der Waals surface area contributed by atoms with E-state index in [2.05, 4.69) is 15.1 Å². The lowest BCUT2D eigenvalue weighted by atomic mass is 10.1. The fourth-order valence-corrected chi connectivity index (χ4v) is 2.31. The first-order chi connectivity index (χ1) is 11.5. The molecule has 0 fully saturated rings. The standard InChI is InChI=1S/C16H13N3O5/c20-15(11-6-7-14-12(9-11)18-24-19(14)23)17-13(16(21)22)8-10-4-2-1-3-5-10/h1-7,9,13H,8H2,(H,17,20)(H,21,22). The molecule has 0 bridgehead atoms. The molecular weight excluding hydrogens is 314 g/mol. The molecule has 122 valence electrons. The molecule has 0 radical (unpaired) electrons. The van der Waals surface area contributed by atoms with Crippen molar-refractivity contribution < 1.29 is 24.2 Å². The number of nitrogens with zero attached hydrogens (tertiary/aromatic N) is 2. The van der Waals surface area contributed by atoms with Gasteiger partial charge in [0, 0.05) is 23.2 Å². The number of carboxylic acids is 1. The van der Waals surface area contributed by atoms with Gasteiger partial charge < -0.3 is 15.6 Å². The first kappa shape index (κ1) is 15.5. The van der Waals surface area contributed by atoms with E-state index >= 15 is 0 Å². The Morgan fingerprint density at radius 3 is 2.71 bits per heavy atom. The van der Waals surface area contributed by atoms with Gasteiger partial charge in [-0.25, -0.2) is 4.79 Å². The number of carboxylic acid groups (broad SMARTS) is 1. The average Bonchev–Trinajstić information content (AvgIpc) is 2.95. The number of benzene rings is 2. The zero-order chi connectivity index (χ0) is 17.1.